The summed E-state index contributed by atoms with van der Waals surface area (Å²) in [6.07, 6.45) is 3.28. The zero-order valence-corrected chi connectivity index (χ0v) is 13.6. The zero-order valence-electron chi connectivity index (χ0n) is 12.7. The number of pyridine rings is 1. The van der Waals surface area contributed by atoms with Gasteiger partial charge in [0.1, 0.15) is 10.7 Å². The summed E-state index contributed by atoms with van der Waals surface area (Å²) in [5, 5.41) is 3.19. The summed E-state index contributed by atoms with van der Waals surface area (Å²) in [6.45, 7) is 3.03. The number of aryl methyl sites for hydroxylation is 1. The van der Waals surface area contributed by atoms with E-state index in [0.29, 0.717) is 18.7 Å². The third-order valence-corrected chi connectivity index (χ3v) is 5.86. The second-order valence-electron chi connectivity index (χ2n) is 5.56. The first-order valence-corrected chi connectivity index (χ1v) is 8.83. The number of hydrogen-bond donors (Lipinski definition) is 1. The highest BCUT2D eigenvalue weighted by Crippen LogP contribution is 2.30. The van der Waals surface area contributed by atoms with Gasteiger partial charge in [0.15, 0.2) is 0 Å². The number of nitrogens with one attached hydrogen (secondary N) is 1. The second-order valence-corrected chi connectivity index (χ2v) is 7.41. The molecule has 1 fully saturated rings. The summed E-state index contributed by atoms with van der Waals surface area (Å²) in [5.74, 6) is -0.723. The van der Waals surface area contributed by atoms with E-state index in [-0.39, 0.29) is 11.4 Å². The van der Waals surface area contributed by atoms with Gasteiger partial charge in [-0.1, -0.05) is 12.1 Å². The molecule has 1 atom stereocenters. The predicted molar refractivity (Wildman–Crippen MR) is 84.9 cm³/mol. The molecule has 7 heteroatoms. The van der Waals surface area contributed by atoms with Gasteiger partial charge in [-0.3, -0.25) is 4.98 Å². The number of sulfonamides is 1. The molecule has 1 unspecified atom stereocenters. The van der Waals surface area contributed by atoms with Crippen LogP contribution in [0.2, 0.25) is 0 Å². The van der Waals surface area contributed by atoms with Crippen LogP contribution in [-0.2, 0) is 10.0 Å². The van der Waals surface area contributed by atoms with E-state index >= 15 is 0 Å². The normalized spacial score (nSPS) is 19.7. The van der Waals surface area contributed by atoms with Crippen molar-refractivity contribution in [2.24, 2.45) is 0 Å². The van der Waals surface area contributed by atoms with Crippen molar-refractivity contribution in [2.45, 2.75) is 17.9 Å². The van der Waals surface area contributed by atoms with E-state index in [1.54, 1.807) is 31.5 Å². The summed E-state index contributed by atoms with van der Waals surface area (Å²) in [5.41, 5.74) is 1.49. The molecule has 1 saturated heterocycles. The summed E-state index contributed by atoms with van der Waals surface area (Å²) < 4.78 is 41.4. The molecule has 0 amide bonds. The highest BCUT2D eigenvalue weighted by atomic mass is 32.2. The van der Waals surface area contributed by atoms with Crippen LogP contribution in [0.25, 0.3) is 0 Å². The van der Waals surface area contributed by atoms with E-state index in [0.717, 1.165) is 5.56 Å². The molecule has 1 aromatic heterocycles. The van der Waals surface area contributed by atoms with E-state index in [9.17, 15) is 12.8 Å². The molecular formula is C16H18FN3O2S. The lowest BCUT2D eigenvalue weighted by Gasteiger charge is -2.35. The molecule has 0 saturated carbocycles. The van der Waals surface area contributed by atoms with Gasteiger partial charge in [-0.05, 0) is 36.2 Å². The average Bonchev–Trinajstić information content (AvgIpc) is 2.58. The lowest BCUT2D eigenvalue weighted by Crippen LogP contribution is -2.48. The van der Waals surface area contributed by atoms with Gasteiger partial charge in [0.05, 0.1) is 6.04 Å². The maximum absolute atomic E-state index is 14.1. The Morgan fingerprint density at radius 3 is 2.91 bits per heavy atom. The molecule has 0 bridgehead atoms. The highest BCUT2D eigenvalue weighted by molar-refractivity contribution is 7.89. The van der Waals surface area contributed by atoms with Gasteiger partial charge in [0.25, 0.3) is 0 Å². The van der Waals surface area contributed by atoms with Crippen LogP contribution in [0.5, 0.6) is 0 Å². The van der Waals surface area contributed by atoms with Gasteiger partial charge in [-0.25, -0.2) is 12.8 Å². The standard InChI is InChI=1S/C16H18FN3O2S/c1-12-4-5-14(17)16(9-12)23(21,22)20-8-7-19-11-15(20)13-3-2-6-18-10-13/h2-6,9-10,15,19H,7-8,11H2,1H3. The quantitative estimate of drug-likeness (QED) is 0.930. The molecule has 0 radical (unpaired) electrons. The molecular weight excluding hydrogens is 317 g/mol. The van der Waals surface area contributed by atoms with Crippen LogP contribution in [-0.4, -0.2) is 37.3 Å². The summed E-state index contributed by atoms with van der Waals surface area (Å²) in [7, 11) is -3.92. The number of piperazine rings is 1. The fraction of sp³-hybridized carbons (Fsp3) is 0.312. The Bertz CT molecular complexity index is 796. The molecule has 3 rings (SSSR count). The van der Waals surface area contributed by atoms with Gasteiger partial charge in [-0.2, -0.15) is 4.31 Å². The fourth-order valence-electron chi connectivity index (χ4n) is 2.77. The zero-order chi connectivity index (χ0) is 16.4. The topological polar surface area (TPSA) is 62.3 Å². The molecule has 23 heavy (non-hydrogen) atoms. The third kappa shape index (κ3) is 3.12. The molecule has 1 aliphatic heterocycles. The van der Waals surface area contributed by atoms with E-state index in [1.807, 2.05) is 6.07 Å². The van der Waals surface area contributed by atoms with Crippen molar-refractivity contribution in [3.63, 3.8) is 0 Å². The Morgan fingerprint density at radius 1 is 1.35 bits per heavy atom. The van der Waals surface area contributed by atoms with Crippen LogP contribution in [0.3, 0.4) is 0 Å². The Hall–Kier alpha value is -1.83. The molecule has 2 aromatic rings. The van der Waals surface area contributed by atoms with Gasteiger partial charge < -0.3 is 5.32 Å². The number of hydrogen-bond acceptors (Lipinski definition) is 4. The van der Waals surface area contributed by atoms with Crippen LogP contribution in [0.4, 0.5) is 4.39 Å². The predicted octanol–water partition coefficient (Wildman–Crippen LogP) is 1.86. The van der Waals surface area contributed by atoms with Crippen LogP contribution >= 0.6 is 0 Å². The van der Waals surface area contributed by atoms with Crippen molar-refractivity contribution >= 4 is 10.0 Å². The number of aromatic nitrogens is 1. The second kappa shape index (κ2) is 6.35. The number of nitrogens with zero attached hydrogens (tertiary/aromatic N) is 2. The largest absolute Gasteiger partial charge is 0.313 e. The molecule has 1 N–H and O–H groups in total. The Labute approximate surface area is 135 Å². The molecule has 1 aliphatic rings. The fourth-order valence-corrected chi connectivity index (χ4v) is 4.53. The Morgan fingerprint density at radius 2 is 2.17 bits per heavy atom. The highest BCUT2D eigenvalue weighted by Gasteiger charge is 2.36. The van der Waals surface area contributed by atoms with E-state index in [4.69, 9.17) is 0 Å². The smallest absolute Gasteiger partial charge is 0.246 e. The first-order valence-electron chi connectivity index (χ1n) is 7.39. The van der Waals surface area contributed by atoms with Crippen LogP contribution in [0.1, 0.15) is 17.2 Å². The summed E-state index contributed by atoms with van der Waals surface area (Å²) >= 11 is 0. The van der Waals surface area contributed by atoms with Crippen molar-refractivity contribution < 1.29 is 12.8 Å². The lowest BCUT2D eigenvalue weighted by atomic mass is 10.1. The lowest BCUT2D eigenvalue weighted by molar-refractivity contribution is 0.270. The SMILES string of the molecule is Cc1ccc(F)c(S(=O)(=O)N2CCNCC2c2cccnc2)c1. The monoisotopic (exact) mass is 335 g/mol. The first-order chi connectivity index (χ1) is 11.0. The van der Waals surface area contributed by atoms with Crippen molar-refractivity contribution in [3.05, 3.63) is 59.7 Å². The molecule has 0 spiro atoms. The van der Waals surface area contributed by atoms with Gasteiger partial charge in [0.2, 0.25) is 10.0 Å². The van der Waals surface area contributed by atoms with Crippen molar-refractivity contribution in [1.82, 2.24) is 14.6 Å². The van der Waals surface area contributed by atoms with Crippen molar-refractivity contribution in [2.75, 3.05) is 19.6 Å². The van der Waals surface area contributed by atoms with Gasteiger partial charge in [-0.15, -0.1) is 0 Å². The maximum Gasteiger partial charge on any atom is 0.246 e. The van der Waals surface area contributed by atoms with Crippen molar-refractivity contribution in [1.29, 1.82) is 0 Å². The molecule has 5 nitrogen and oxygen atoms in total. The maximum atomic E-state index is 14.1. The average molecular weight is 335 g/mol. The third-order valence-electron chi connectivity index (χ3n) is 3.94. The minimum Gasteiger partial charge on any atom is -0.313 e. The molecule has 0 aliphatic carbocycles. The number of benzene rings is 1. The number of halogens is 1. The van der Waals surface area contributed by atoms with E-state index in [1.165, 1.54) is 16.4 Å². The minimum atomic E-state index is -3.92. The van der Waals surface area contributed by atoms with Crippen molar-refractivity contribution in [3.8, 4) is 0 Å². The first kappa shape index (κ1) is 16.0. The minimum absolute atomic E-state index is 0.270. The molecule has 1 aromatic carbocycles. The van der Waals surface area contributed by atoms with Crippen LogP contribution < -0.4 is 5.32 Å². The van der Waals surface area contributed by atoms with Gasteiger partial charge in [0, 0.05) is 32.0 Å². The Kier molecular flexibility index (Phi) is 4.43. The molecule has 2 heterocycles. The molecule has 122 valence electrons. The summed E-state index contributed by atoms with van der Waals surface area (Å²) in [6, 6.07) is 7.34. The van der Waals surface area contributed by atoms with Crippen LogP contribution in [0, 0.1) is 12.7 Å². The van der Waals surface area contributed by atoms with Crippen LogP contribution in [0.15, 0.2) is 47.6 Å². The van der Waals surface area contributed by atoms with Gasteiger partial charge >= 0.3 is 0 Å². The summed E-state index contributed by atoms with van der Waals surface area (Å²) in [4.78, 5) is 3.79. The van der Waals surface area contributed by atoms with E-state index < -0.39 is 21.9 Å². The number of rotatable bonds is 3. The Balaban J connectivity index is 2.04. The van der Waals surface area contributed by atoms with E-state index in [2.05, 4.69) is 10.3 Å².